The minimum Gasteiger partial charge on any atom is -0.376 e. The number of ether oxygens (including phenoxy) is 1. The molecule has 0 spiro atoms. The van der Waals surface area contributed by atoms with E-state index in [0.717, 1.165) is 25.1 Å². The molecule has 2 aliphatic rings. The Balaban J connectivity index is 1.58. The van der Waals surface area contributed by atoms with E-state index < -0.39 is 5.92 Å². The van der Waals surface area contributed by atoms with Crippen molar-refractivity contribution in [2.24, 2.45) is 5.92 Å². The average Bonchev–Trinajstić information content (AvgIpc) is 3.15. The fourth-order valence-electron chi connectivity index (χ4n) is 2.94. The lowest BCUT2D eigenvalue weighted by Crippen LogP contribution is -2.39. The lowest BCUT2D eigenvalue weighted by Gasteiger charge is -2.17. The van der Waals surface area contributed by atoms with E-state index in [4.69, 9.17) is 16.3 Å². The number of halogens is 1. The monoisotopic (exact) mass is 322 g/mol. The fourth-order valence-corrected chi connectivity index (χ4v) is 3.07. The number of hydrogen-bond donors (Lipinski definition) is 1. The Bertz CT molecular complexity index is 555. The van der Waals surface area contributed by atoms with Crippen molar-refractivity contribution in [3.05, 3.63) is 29.3 Å². The molecule has 0 aliphatic carbocycles. The van der Waals surface area contributed by atoms with Crippen molar-refractivity contribution in [2.45, 2.75) is 25.4 Å². The summed E-state index contributed by atoms with van der Waals surface area (Å²) in [6, 6.07) is 7.09. The molecule has 0 unspecified atom stereocenters. The van der Waals surface area contributed by atoms with E-state index in [1.165, 1.54) is 0 Å². The molecule has 0 radical (unpaired) electrons. The molecule has 0 aromatic heterocycles. The van der Waals surface area contributed by atoms with Crippen LogP contribution < -0.4 is 10.2 Å². The zero-order valence-corrected chi connectivity index (χ0v) is 13.0. The van der Waals surface area contributed by atoms with E-state index in [0.29, 0.717) is 24.5 Å². The number of carbonyl (C=O) groups excluding carboxylic acids is 2. The number of anilines is 1. The molecular weight excluding hydrogens is 304 g/mol. The van der Waals surface area contributed by atoms with E-state index in [1.54, 1.807) is 29.2 Å². The van der Waals surface area contributed by atoms with Crippen molar-refractivity contribution < 1.29 is 14.3 Å². The maximum Gasteiger partial charge on any atom is 0.239 e. The number of benzene rings is 1. The van der Waals surface area contributed by atoms with Crippen molar-refractivity contribution in [1.82, 2.24) is 5.32 Å². The molecule has 6 heteroatoms. The predicted octanol–water partition coefficient (Wildman–Crippen LogP) is 1.99. The zero-order valence-electron chi connectivity index (χ0n) is 12.3. The van der Waals surface area contributed by atoms with Gasteiger partial charge >= 0.3 is 0 Å². The standard InChI is InChI=1S/C16H19ClN2O3/c17-11-3-5-12(6-4-11)19-8-7-14(16(19)21)15(20)18-10-13-2-1-9-22-13/h3-6,13-14H,1-2,7-10H2,(H,18,20)/t13-,14+/m1/s1. The van der Waals surface area contributed by atoms with Gasteiger partial charge in [-0.3, -0.25) is 9.59 Å². The largest absolute Gasteiger partial charge is 0.376 e. The van der Waals surface area contributed by atoms with E-state index in [2.05, 4.69) is 5.32 Å². The summed E-state index contributed by atoms with van der Waals surface area (Å²) in [5, 5.41) is 3.47. The molecular formula is C16H19ClN2O3. The van der Waals surface area contributed by atoms with Gasteiger partial charge in [-0.2, -0.15) is 0 Å². The lowest BCUT2D eigenvalue weighted by atomic mass is 10.1. The third-order valence-electron chi connectivity index (χ3n) is 4.19. The lowest BCUT2D eigenvalue weighted by molar-refractivity contribution is -0.132. The van der Waals surface area contributed by atoms with Crippen molar-refractivity contribution >= 4 is 29.1 Å². The number of rotatable bonds is 4. The molecule has 2 aliphatic heterocycles. The third-order valence-corrected chi connectivity index (χ3v) is 4.44. The molecule has 1 aromatic rings. The highest BCUT2D eigenvalue weighted by Crippen LogP contribution is 2.26. The predicted molar refractivity (Wildman–Crippen MR) is 83.9 cm³/mol. The molecule has 2 heterocycles. The van der Waals surface area contributed by atoms with Crippen LogP contribution in [-0.4, -0.2) is 37.6 Å². The van der Waals surface area contributed by atoms with E-state index >= 15 is 0 Å². The number of hydrogen-bond acceptors (Lipinski definition) is 3. The first-order chi connectivity index (χ1) is 10.6. The Morgan fingerprint density at radius 3 is 2.77 bits per heavy atom. The first-order valence-corrected chi connectivity index (χ1v) is 7.99. The van der Waals surface area contributed by atoms with Crippen LogP contribution in [0.4, 0.5) is 5.69 Å². The van der Waals surface area contributed by atoms with Crippen LogP contribution in [0.1, 0.15) is 19.3 Å². The van der Waals surface area contributed by atoms with Crippen molar-refractivity contribution in [3.63, 3.8) is 0 Å². The van der Waals surface area contributed by atoms with Gasteiger partial charge in [-0.25, -0.2) is 0 Å². The summed E-state index contributed by atoms with van der Waals surface area (Å²) >= 11 is 5.86. The van der Waals surface area contributed by atoms with Gasteiger partial charge in [-0.1, -0.05) is 11.6 Å². The number of carbonyl (C=O) groups is 2. The van der Waals surface area contributed by atoms with Crippen molar-refractivity contribution in [1.29, 1.82) is 0 Å². The second-order valence-electron chi connectivity index (χ2n) is 5.69. The van der Waals surface area contributed by atoms with Gasteiger partial charge < -0.3 is 15.0 Å². The van der Waals surface area contributed by atoms with Crippen LogP contribution in [0.5, 0.6) is 0 Å². The molecule has 1 aromatic carbocycles. The Morgan fingerprint density at radius 2 is 2.09 bits per heavy atom. The van der Waals surface area contributed by atoms with Crippen LogP contribution >= 0.6 is 11.6 Å². The van der Waals surface area contributed by atoms with Gasteiger partial charge in [0.25, 0.3) is 0 Å². The van der Waals surface area contributed by atoms with Gasteiger partial charge in [-0.15, -0.1) is 0 Å². The van der Waals surface area contributed by atoms with Gasteiger partial charge in [0, 0.05) is 30.4 Å². The summed E-state index contributed by atoms with van der Waals surface area (Å²) in [4.78, 5) is 26.3. The maximum atomic E-state index is 12.4. The average molecular weight is 323 g/mol. The van der Waals surface area contributed by atoms with Gasteiger partial charge in [0.2, 0.25) is 11.8 Å². The zero-order chi connectivity index (χ0) is 15.5. The minimum atomic E-state index is -0.600. The van der Waals surface area contributed by atoms with Crippen molar-refractivity contribution in [3.8, 4) is 0 Å². The second-order valence-corrected chi connectivity index (χ2v) is 6.12. The SMILES string of the molecule is O=C(NC[C@H]1CCCO1)[C@@H]1CCN(c2ccc(Cl)cc2)C1=O. The molecule has 2 atom stereocenters. The molecule has 2 amide bonds. The van der Waals surface area contributed by atoms with Gasteiger partial charge in [-0.05, 0) is 43.5 Å². The normalized spacial score (nSPS) is 24.8. The number of nitrogens with one attached hydrogen (secondary N) is 1. The van der Waals surface area contributed by atoms with Gasteiger partial charge in [0.05, 0.1) is 6.10 Å². The Labute approximate surface area is 134 Å². The number of nitrogens with zero attached hydrogens (tertiary/aromatic N) is 1. The maximum absolute atomic E-state index is 12.4. The first-order valence-electron chi connectivity index (χ1n) is 7.61. The van der Waals surface area contributed by atoms with Crippen LogP contribution in [0, 0.1) is 5.92 Å². The van der Waals surface area contributed by atoms with Gasteiger partial charge in [0.1, 0.15) is 5.92 Å². The first kappa shape index (κ1) is 15.3. The summed E-state index contributed by atoms with van der Waals surface area (Å²) in [6.07, 6.45) is 2.63. The summed E-state index contributed by atoms with van der Waals surface area (Å²) in [5.41, 5.74) is 0.781. The number of amides is 2. The molecule has 0 saturated carbocycles. The molecule has 3 rings (SSSR count). The minimum absolute atomic E-state index is 0.0906. The van der Waals surface area contributed by atoms with E-state index in [-0.39, 0.29) is 17.9 Å². The summed E-state index contributed by atoms with van der Waals surface area (Å²) in [7, 11) is 0. The smallest absolute Gasteiger partial charge is 0.239 e. The van der Waals surface area contributed by atoms with Gasteiger partial charge in [0.15, 0.2) is 0 Å². The van der Waals surface area contributed by atoms with Crippen LogP contribution in [0.15, 0.2) is 24.3 Å². The summed E-state index contributed by atoms with van der Waals surface area (Å²) < 4.78 is 5.47. The molecule has 118 valence electrons. The molecule has 2 saturated heterocycles. The summed E-state index contributed by atoms with van der Waals surface area (Å²) in [6.45, 7) is 1.80. The van der Waals surface area contributed by atoms with Crippen LogP contribution in [-0.2, 0) is 14.3 Å². The topological polar surface area (TPSA) is 58.6 Å². The van der Waals surface area contributed by atoms with Crippen LogP contribution in [0.3, 0.4) is 0 Å². The molecule has 1 N–H and O–H groups in total. The highest BCUT2D eigenvalue weighted by atomic mass is 35.5. The highest BCUT2D eigenvalue weighted by molar-refractivity contribution is 6.30. The second kappa shape index (κ2) is 6.67. The van der Waals surface area contributed by atoms with E-state index in [1.807, 2.05) is 0 Å². The highest BCUT2D eigenvalue weighted by Gasteiger charge is 2.37. The quantitative estimate of drug-likeness (QED) is 0.862. The molecule has 0 bridgehead atoms. The fraction of sp³-hybridized carbons (Fsp3) is 0.500. The molecule has 5 nitrogen and oxygen atoms in total. The Kier molecular flexibility index (Phi) is 4.64. The van der Waals surface area contributed by atoms with E-state index in [9.17, 15) is 9.59 Å². The molecule has 22 heavy (non-hydrogen) atoms. The Hall–Kier alpha value is -1.59. The Morgan fingerprint density at radius 1 is 1.32 bits per heavy atom. The van der Waals surface area contributed by atoms with Crippen molar-refractivity contribution in [2.75, 3.05) is 24.6 Å². The summed E-state index contributed by atoms with van der Waals surface area (Å²) in [5.74, 6) is -0.943. The van der Waals surface area contributed by atoms with Crippen LogP contribution in [0.25, 0.3) is 0 Å². The third kappa shape index (κ3) is 3.25. The molecule has 2 fully saturated rings. The van der Waals surface area contributed by atoms with Crippen LogP contribution in [0.2, 0.25) is 5.02 Å².